The number of aliphatic hydroxyl groups is 1. The van der Waals surface area contributed by atoms with E-state index in [0.29, 0.717) is 26.0 Å². The first-order valence-electron chi connectivity index (χ1n) is 8.22. The molecule has 0 saturated carbocycles. The Morgan fingerprint density at radius 1 is 1.12 bits per heavy atom. The summed E-state index contributed by atoms with van der Waals surface area (Å²) in [5.74, 6) is 0.827. The zero-order valence-electron chi connectivity index (χ0n) is 13.4. The maximum absolute atomic E-state index is 12.0. The fourth-order valence-electron chi connectivity index (χ4n) is 2.92. The monoisotopic (exact) mass is 326 g/mol. The zero-order valence-corrected chi connectivity index (χ0v) is 13.4. The molecule has 0 bridgehead atoms. The Labute approximate surface area is 141 Å². The zero-order chi connectivity index (χ0) is 16.8. The van der Waals surface area contributed by atoms with E-state index in [1.165, 1.54) is 0 Å². The van der Waals surface area contributed by atoms with Gasteiger partial charge in [-0.1, -0.05) is 42.5 Å². The quantitative estimate of drug-likeness (QED) is 0.714. The van der Waals surface area contributed by atoms with Crippen LogP contribution in [0.5, 0.6) is 5.75 Å². The van der Waals surface area contributed by atoms with Gasteiger partial charge in [-0.2, -0.15) is 0 Å². The number of aliphatic hydroxyl groups excluding tert-OH is 1. The van der Waals surface area contributed by atoms with Gasteiger partial charge in [0.2, 0.25) is 0 Å². The fourth-order valence-corrected chi connectivity index (χ4v) is 2.92. The summed E-state index contributed by atoms with van der Waals surface area (Å²) in [5.41, 5.74) is 2.08. The summed E-state index contributed by atoms with van der Waals surface area (Å²) in [6.45, 7) is 1.06. The molecule has 5 heteroatoms. The largest absolute Gasteiger partial charge is 0.494 e. The maximum atomic E-state index is 12.0. The number of carbonyl (C=O) groups excluding carboxylic acids is 1. The second-order valence-corrected chi connectivity index (χ2v) is 5.86. The van der Waals surface area contributed by atoms with Crippen LogP contribution < -0.4 is 15.4 Å². The van der Waals surface area contributed by atoms with Crippen LogP contribution in [0.1, 0.15) is 23.6 Å². The molecule has 0 saturated heterocycles. The number of para-hydroxylation sites is 1. The van der Waals surface area contributed by atoms with E-state index < -0.39 is 6.10 Å². The van der Waals surface area contributed by atoms with E-state index in [4.69, 9.17) is 4.74 Å². The molecular weight excluding hydrogens is 304 g/mol. The average Bonchev–Trinajstić information content (AvgIpc) is 2.91. The predicted octanol–water partition coefficient (Wildman–Crippen LogP) is 2.41. The van der Waals surface area contributed by atoms with Gasteiger partial charge in [-0.3, -0.25) is 0 Å². The fraction of sp³-hybridized carbons (Fsp3) is 0.316. The molecule has 2 aromatic carbocycles. The van der Waals surface area contributed by atoms with Gasteiger partial charge in [0.25, 0.3) is 0 Å². The SMILES string of the molecule is O=C(NCCCOc1ccccc1)N[C@@H]1c2ccccc2C[C@@H]1O. The van der Waals surface area contributed by atoms with Crippen molar-refractivity contribution in [3.8, 4) is 5.75 Å². The number of nitrogens with one attached hydrogen (secondary N) is 2. The third kappa shape index (κ3) is 4.06. The predicted molar refractivity (Wildman–Crippen MR) is 92.0 cm³/mol. The van der Waals surface area contributed by atoms with Crippen LogP contribution in [-0.2, 0) is 6.42 Å². The lowest BCUT2D eigenvalue weighted by Gasteiger charge is -2.18. The second kappa shape index (κ2) is 7.84. The van der Waals surface area contributed by atoms with Gasteiger partial charge in [0.15, 0.2) is 0 Å². The van der Waals surface area contributed by atoms with Crippen molar-refractivity contribution < 1.29 is 14.6 Å². The Kier molecular flexibility index (Phi) is 5.33. The van der Waals surface area contributed by atoms with Crippen molar-refractivity contribution in [2.24, 2.45) is 0 Å². The molecule has 3 rings (SSSR count). The van der Waals surface area contributed by atoms with Crippen LogP contribution in [0.25, 0.3) is 0 Å². The lowest BCUT2D eigenvalue weighted by Crippen LogP contribution is -2.41. The van der Waals surface area contributed by atoms with Gasteiger partial charge >= 0.3 is 6.03 Å². The Balaban J connectivity index is 1.39. The van der Waals surface area contributed by atoms with Crippen LogP contribution in [0.15, 0.2) is 54.6 Å². The van der Waals surface area contributed by atoms with Crippen molar-refractivity contribution in [2.45, 2.75) is 25.0 Å². The molecular formula is C19H22N2O3. The molecule has 2 atom stereocenters. The number of hydrogen-bond donors (Lipinski definition) is 3. The van der Waals surface area contributed by atoms with Crippen molar-refractivity contribution in [3.05, 3.63) is 65.7 Å². The van der Waals surface area contributed by atoms with Crippen molar-refractivity contribution in [2.75, 3.05) is 13.2 Å². The van der Waals surface area contributed by atoms with E-state index >= 15 is 0 Å². The molecule has 0 fully saturated rings. The van der Waals surface area contributed by atoms with E-state index in [2.05, 4.69) is 10.6 Å². The highest BCUT2D eigenvalue weighted by Gasteiger charge is 2.31. The summed E-state index contributed by atoms with van der Waals surface area (Å²) in [6.07, 6.45) is 0.715. The standard InChI is InChI=1S/C19H22N2O3/c22-17-13-14-7-4-5-10-16(14)18(17)21-19(23)20-11-6-12-24-15-8-2-1-3-9-15/h1-5,7-10,17-18,22H,6,11-13H2,(H2,20,21,23)/t17-,18+/m0/s1. The topological polar surface area (TPSA) is 70.6 Å². The molecule has 2 aromatic rings. The summed E-state index contributed by atoms with van der Waals surface area (Å²) in [7, 11) is 0. The molecule has 1 aliphatic carbocycles. The molecule has 0 aromatic heterocycles. The van der Waals surface area contributed by atoms with Crippen molar-refractivity contribution in [1.82, 2.24) is 10.6 Å². The number of rotatable bonds is 6. The van der Waals surface area contributed by atoms with E-state index in [0.717, 1.165) is 16.9 Å². The van der Waals surface area contributed by atoms with Crippen LogP contribution >= 0.6 is 0 Å². The third-order valence-electron chi connectivity index (χ3n) is 4.11. The van der Waals surface area contributed by atoms with E-state index in [1.54, 1.807) is 0 Å². The number of urea groups is 1. The van der Waals surface area contributed by atoms with E-state index in [9.17, 15) is 9.90 Å². The molecule has 0 spiro atoms. The first kappa shape index (κ1) is 16.3. The number of ether oxygens (including phenoxy) is 1. The van der Waals surface area contributed by atoms with Crippen LogP contribution in [0.4, 0.5) is 4.79 Å². The highest BCUT2D eigenvalue weighted by atomic mass is 16.5. The second-order valence-electron chi connectivity index (χ2n) is 5.86. The summed E-state index contributed by atoms with van der Waals surface area (Å²) >= 11 is 0. The number of amides is 2. The smallest absolute Gasteiger partial charge is 0.315 e. The molecule has 0 unspecified atom stereocenters. The highest BCUT2D eigenvalue weighted by molar-refractivity contribution is 5.74. The molecule has 2 amide bonds. The van der Waals surface area contributed by atoms with Gasteiger partial charge in [-0.05, 0) is 29.7 Å². The first-order chi connectivity index (χ1) is 11.7. The van der Waals surface area contributed by atoms with E-state index in [-0.39, 0.29) is 12.1 Å². The third-order valence-corrected chi connectivity index (χ3v) is 4.11. The molecule has 1 aliphatic rings. The summed E-state index contributed by atoms with van der Waals surface area (Å²) < 4.78 is 5.57. The minimum atomic E-state index is -0.574. The van der Waals surface area contributed by atoms with Gasteiger partial charge in [-0.25, -0.2) is 4.79 Å². The number of carbonyl (C=O) groups is 1. The lowest BCUT2D eigenvalue weighted by molar-refractivity contribution is 0.142. The minimum absolute atomic E-state index is 0.268. The van der Waals surface area contributed by atoms with Crippen molar-refractivity contribution in [1.29, 1.82) is 0 Å². The summed E-state index contributed by atoms with van der Waals surface area (Å²) in [4.78, 5) is 12.0. The van der Waals surface area contributed by atoms with Crippen LogP contribution in [0.2, 0.25) is 0 Å². The summed E-state index contributed by atoms with van der Waals surface area (Å²) in [5, 5.41) is 15.8. The van der Waals surface area contributed by atoms with Crippen LogP contribution in [0.3, 0.4) is 0 Å². The molecule has 24 heavy (non-hydrogen) atoms. The van der Waals surface area contributed by atoms with Gasteiger partial charge in [0, 0.05) is 13.0 Å². The first-order valence-corrected chi connectivity index (χ1v) is 8.22. The highest BCUT2D eigenvalue weighted by Crippen LogP contribution is 2.30. The van der Waals surface area contributed by atoms with E-state index in [1.807, 2.05) is 54.6 Å². The van der Waals surface area contributed by atoms with Crippen LogP contribution in [-0.4, -0.2) is 30.4 Å². The van der Waals surface area contributed by atoms with Gasteiger partial charge < -0.3 is 20.5 Å². The molecule has 5 nitrogen and oxygen atoms in total. The number of hydrogen-bond acceptors (Lipinski definition) is 3. The Morgan fingerprint density at radius 2 is 1.88 bits per heavy atom. The number of benzene rings is 2. The normalized spacial score (nSPS) is 18.7. The van der Waals surface area contributed by atoms with Gasteiger partial charge in [0.1, 0.15) is 5.75 Å². The van der Waals surface area contributed by atoms with Gasteiger partial charge in [-0.15, -0.1) is 0 Å². The maximum Gasteiger partial charge on any atom is 0.315 e. The minimum Gasteiger partial charge on any atom is -0.494 e. The Morgan fingerprint density at radius 3 is 2.71 bits per heavy atom. The molecule has 0 heterocycles. The number of fused-ring (bicyclic) bond motifs is 1. The molecule has 0 radical (unpaired) electrons. The van der Waals surface area contributed by atoms with Crippen LogP contribution in [0, 0.1) is 0 Å². The molecule has 0 aliphatic heterocycles. The summed E-state index contributed by atoms with van der Waals surface area (Å²) in [6, 6.07) is 16.8. The Bertz CT molecular complexity index is 675. The Hall–Kier alpha value is -2.53. The lowest BCUT2D eigenvalue weighted by atomic mass is 10.1. The van der Waals surface area contributed by atoms with Crippen molar-refractivity contribution >= 4 is 6.03 Å². The van der Waals surface area contributed by atoms with Gasteiger partial charge in [0.05, 0.1) is 18.8 Å². The van der Waals surface area contributed by atoms with Crippen molar-refractivity contribution in [3.63, 3.8) is 0 Å². The molecule has 126 valence electrons. The molecule has 3 N–H and O–H groups in total. The average molecular weight is 326 g/mol.